The summed E-state index contributed by atoms with van der Waals surface area (Å²) >= 11 is 0. The molecule has 1 aromatic heterocycles. The van der Waals surface area contributed by atoms with E-state index in [1.54, 1.807) is 6.20 Å². The topological polar surface area (TPSA) is 90.3 Å². The number of aromatic nitrogens is 2. The number of ether oxygens (including phenoxy) is 1. The summed E-state index contributed by atoms with van der Waals surface area (Å²) in [6.45, 7) is 3.03. The fourth-order valence-electron chi connectivity index (χ4n) is 3.81. The Morgan fingerprint density at radius 3 is 2.42 bits per heavy atom. The molecule has 1 spiro atoms. The summed E-state index contributed by atoms with van der Waals surface area (Å²) in [5.74, 6) is 0.609. The molecule has 0 amide bonds. The highest BCUT2D eigenvalue weighted by atomic mass is 16.5. The Bertz CT molecular complexity index is 715. The Morgan fingerprint density at radius 1 is 1.04 bits per heavy atom. The monoisotopic (exact) mass is 325 g/mol. The van der Waals surface area contributed by atoms with Gasteiger partial charge in [0.05, 0.1) is 5.60 Å². The first kappa shape index (κ1) is 15.2. The van der Waals surface area contributed by atoms with Gasteiger partial charge in [-0.2, -0.15) is 4.98 Å². The quantitative estimate of drug-likeness (QED) is 0.881. The minimum absolute atomic E-state index is 0.159. The van der Waals surface area contributed by atoms with Gasteiger partial charge in [-0.25, -0.2) is 4.98 Å². The number of anilines is 3. The van der Waals surface area contributed by atoms with Gasteiger partial charge in [-0.1, -0.05) is 12.1 Å². The molecule has 0 aliphatic carbocycles. The predicted octanol–water partition coefficient (Wildman–Crippen LogP) is 2.46. The zero-order valence-electron chi connectivity index (χ0n) is 13.7. The highest BCUT2D eigenvalue weighted by molar-refractivity contribution is 5.74. The lowest BCUT2D eigenvalue weighted by Crippen LogP contribution is -2.44. The zero-order chi connectivity index (χ0) is 16.6. The number of nitrogens with two attached hydrogens (primary N) is 2. The molecule has 2 saturated heterocycles. The molecule has 6 heteroatoms. The minimum Gasteiger partial charge on any atom is -0.383 e. The van der Waals surface area contributed by atoms with E-state index in [-0.39, 0.29) is 11.5 Å². The molecule has 4 N–H and O–H groups in total. The summed E-state index contributed by atoms with van der Waals surface area (Å²) in [6.07, 6.45) is 6.34. The van der Waals surface area contributed by atoms with E-state index in [1.165, 1.54) is 18.5 Å². The average Bonchev–Trinajstić information content (AvgIpc) is 3.04. The number of nitrogens with zero attached hydrogens (tertiary/aromatic N) is 3. The Kier molecular flexibility index (Phi) is 3.76. The second kappa shape index (κ2) is 5.94. The SMILES string of the molecule is Nc1ncc(-c2ccc(N3CCC4(CCCO4)CC3)cc2)c(N)n1. The molecule has 4 rings (SSSR count). The van der Waals surface area contributed by atoms with Crippen LogP contribution in [0.2, 0.25) is 0 Å². The van der Waals surface area contributed by atoms with Crippen LogP contribution < -0.4 is 16.4 Å². The van der Waals surface area contributed by atoms with Crippen LogP contribution in [0.15, 0.2) is 30.5 Å². The molecular weight excluding hydrogens is 302 g/mol. The van der Waals surface area contributed by atoms with Gasteiger partial charge in [0, 0.05) is 37.1 Å². The molecule has 1 aromatic carbocycles. The van der Waals surface area contributed by atoms with Crippen LogP contribution in [0, 0.1) is 0 Å². The van der Waals surface area contributed by atoms with Gasteiger partial charge >= 0.3 is 0 Å². The fraction of sp³-hybridized carbons (Fsp3) is 0.444. The molecular formula is C18H23N5O. The molecule has 2 aliphatic rings. The third-order valence-corrected chi connectivity index (χ3v) is 5.24. The van der Waals surface area contributed by atoms with Crippen LogP contribution >= 0.6 is 0 Å². The van der Waals surface area contributed by atoms with E-state index in [0.717, 1.165) is 43.7 Å². The summed E-state index contributed by atoms with van der Waals surface area (Å²) in [5.41, 5.74) is 14.7. The largest absolute Gasteiger partial charge is 0.383 e. The van der Waals surface area contributed by atoms with Crippen LogP contribution in [0.4, 0.5) is 17.5 Å². The van der Waals surface area contributed by atoms with Crippen molar-refractivity contribution in [3.8, 4) is 11.1 Å². The summed E-state index contributed by atoms with van der Waals surface area (Å²) < 4.78 is 6.00. The normalized spacial score (nSPS) is 19.8. The number of hydrogen-bond acceptors (Lipinski definition) is 6. The van der Waals surface area contributed by atoms with E-state index < -0.39 is 0 Å². The fourth-order valence-corrected chi connectivity index (χ4v) is 3.81. The molecule has 0 unspecified atom stereocenters. The van der Waals surface area contributed by atoms with E-state index >= 15 is 0 Å². The van der Waals surface area contributed by atoms with Gasteiger partial charge < -0.3 is 21.1 Å². The van der Waals surface area contributed by atoms with Crippen LogP contribution in [0.3, 0.4) is 0 Å². The molecule has 2 fully saturated rings. The van der Waals surface area contributed by atoms with Crippen molar-refractivity contribution in [2.75, 3.05) is 36.1 Å². The number of nitrogen functional groups attached to an aromatic ring is 2. The molecule has 0 radical (unpaired) electrons. The van der Waals surface area contributed by atoms with Crippen molar-refractivity contribution in [2.24, 2.45) is 0 Å². The van der Waals surface area contributed by atoms with E-state index in [2.05, 4.69) is 39.1 Å². The first-order chi connectivity index (χ1) is 11.7. The smallest absolute Gasteiger partial charge is 0.221 e. The summed E-state index contributed by atoms with van der Waals surface area (Å²) in [7, 11) is 0. The van der Waals surface area contributed by atoms with Gasteiger partial charge in [0.1, 0.15) is 5.82 Å². The van der Waals surface area contributed by atoms with Crippen LogP contribution in [0.25, 0.3) is 11.1 Å². The number of hydrogen-bond donors (Lipinski definition) is 2. The molecule has 0 atom stereocenters. The maximum Gasteiger partial charge on any atom is 0.221 e. The van der Waals surface area contributed by atoms with Crippen molar-refractivity contribution in [1.29, 1.82) is 0 Å². The molecule has 0 saturated carbocycles. The molecule has 24 heavy (non-hydrogen) atoms. The Labute approximate surface area is 141 Å². The zero-order valence-corrected chi connectivity index (χ0v) is 13.7. The van der Waals surface area contributed by atoms with E-state index in [4.69, 9.17) is 16.2 Å². The van der Waals surface area contributed by atoms with Gasteiger partial charge in [-0.3, -0.25) is 0 Å². The van der Waals surface area contributed by atoms with Crippen molar-refractivity contribution < 1.29 is 4.74 Å². The standard InChI is InChI=1S/C18H23N5O/c19-16-15(12-21-17(20)22-16)13-2-4-14(5-3-13)23-9-7-18(8-10-23)6-1-11-24-18/h2-5,12H,1,6-11H2,(H4,19,20,21,22). The van der Waals surface area contributed by atoms with Crippen LogP contribution in [-0.2, 0) is 4.74 Å². The summed E-state index contributed by atoms with van der Waals surface area (Å²) in [6, 6.07) is 8.41. The van der Waals surface area contributed by atoms with E-state index in [9.17, 15) is 0 Å². The lowest BCUT2D eigenvalue weighted by molar-refractivity contribution is -0.0146. The third kappa shape index (κ3) is 2.78. The first-order valence-electron chi connectivity index (χ1n) is 8.53. The van der Waals surface area contributed by atoms with Crippen LogP contribution in [-0.4, -0.2) is 35.3 Å². The van der Waals surface area contributed by atoms with Crippen molar-refractivity contribution in [3.05, 3.63) is 30.5 Å². The molecule has 2 aromatic rings. The highest BCUT2D eigenvalue weighted by Crippen LogP contribution is 2.37. The predicted molar refractivity (Wildman–Crippen MR) is 95.7 cm³/mol. The van der Waals surface area contributed by atoms with E-state index in [1.807, 2.05) is 0 Å². The molecule has 6 nitrogen and oxygen atoms in total. The first-order valence-corrected chi connectivity index (χ1v) is 8.53. The second-order valence-corrected chi connectivity index (χ2v) is 6.70. The van der Waals surface area contributed by atoms with Crippen molar-refractivity contribution >= 4 is 17.5 Å². The molecule has 0 bridgehead atoms. The van der Waals surface area contributed by atoms with Gasteiger partial charge in [0.2, 0.25) is 5.95 Å². The number of benzene rings is 1. The molecule has 2 aliphatic heterocycles. The van der Waals surface area contributed by atoms with Gasteiger partial charge in [-0.05, 0) is 43.4 Å². The highest BCUT2D eigenvalue weighted by Gasteiger charge is 2.38. The minimum atomic E-state index is 0.159. The summed E-state index contributed by atoms with van der Waals surface area (Å²) in [4.78, 5) is 10.5. The van der Waals surface area contributed by atoms with Crippen molar-refractivity contribution in [3.63, 3.8) is 0 Å². The van der Waals surface area contributed by atoms with Crippen molar-refractivity contribution in [1.82, 2.24) is 9.97 Å². The van der Waals surface area contributed by atoms with E-state index in [0.29, 0.717) is 5.82 Å². The Morgan fingerprint density at radius 2 is 1.79 bits per heavy atom. The van der Waals surface area contributed by atoms with Gasteiger partial charge in [0.25, 0.3) is 0 Å². The third-order valence-electron chi connectivity index (χ3n) is 5.24. The van der Waals surface area contributed by atoms with Crippen LogP contribution in [0.5, 0.6) is 0 Å². The second-order valence-electron chi connectivity index (χ2n) is 6.70. The maximum atomic E-state index is 6.00. The Hall–Kier alpha value is -2.34. The number of rotatable bonds is 2. The molecule has 126 valence electrons. The summed E-state index contributed by atoms with van der Waals surface area (Å²) in [5, 5.41) is 0. The van der Waals surface area contributed by atoms with Gasteiger partial charge in [0.15, 0.2) is 0 Å². The van der Waals surface area contributed by atoms with Crippen molar-refractivity contribution in [2.45, 2.75) is 31.3 Å². The van der Waals surface area contributed by atoms with Gasteiger partial charge in [-0.15, -0.1) is 0 Å². The maximum absolute atomic E-state index is 6.00. The number of piperidine rings is 1. The van der Waals surface area contributed by atoms with Crippen LogP contribution in [0.1, 0.15) is 25.7 Å². The lowest BCUT2D eigenvalue weighted by atomic mass is 9.88. The lowest BCUT2D eigenvalue weighted by Gasteiger charge is -2.39. The average molecular weight is 325 g/mol. The molecule has 3 heterocycles. The Balaban J connectivity index is 1.48.